The standard InChI is InChI=1S/C15H17NO4/c1-10-6-12(7-11(2)14(10)17)8-13(9-16)15(18)20-5-4-19-3/h6-8,17H,4-5H2,1-3H3/b13-8-. The van der Waals surface area contributed by atoms with Crippen molar-refractivity contribution in [3.05, 3.63) is 34.4 Å². The summed E-state index contributed by atoms with van der Waals surface area (Å²) in [6.45, 7) is 3.88. The predicted octanol–water partition coefficient (Wildman–Crippen LogP) is 2.11. The second-order valence-electron chi connectivity index (χ2n) is 4.30. The summed E-state index contributed by atoms with van der Waals surface area (Å²) in [5.41, 5.74) is 1.94. The van der Waals surface area contributed by atoms with Crippen LogP contribution in [0.25, 0.3) is 6.08 Å². The minimum Gasteiger partial charge on any atom is -0.507 e. The van der Waals surface area contributed by atoms with Gasteiger partial charge in [0.15, 0.2) is 0 Å². The van der Waals surface area contributed by atoms with Gasteiger partial charge in [-0.25, -0.2) is 4.79 Å². The molecule has 0 amide bonds. The van der Waals surface area contributed by atoms with Crippen molar-refractivity contribution < 1.29 is 19.4 Å². The van der Waals surface area contributed by atoms with E-state index in [2.05, 4.69) is 0 Å². The van der Waals surface area contributed by atoms with E-state index in [1.54, 1.807) is 26.0 Å². The lowest BCUT2D eigenvalue weighted by atomic mass is 10.0. The summed E-state index contributed by atoms with van der Waals surface area (Å²) in [5.74, 6) is -0.476. The Morgan fingerprint density at radius 1 is 1.35 bits per heavy atom. The monoisotopic (exact) mass is 275 g/mol. The van der Waals surface area contributed by atoms with Gasteiger partial charge in [0.2, 0.25) is 0 Å². The lowest BCUT2D eigenvalue weighted by Crippen LogP contribution is -2.11. The third kappa shape index (κ3) is 4.11. The van der Waals surface area contributed by atoms with Crippen LogP contribution in [0.3, 0.4) is 0 Å². The first-order valence-corrected chi connectivity index (χ1v) is 6.07. The van der Waals surface area contributed by atoms with E-state index in [-0.39, 0.29) is 24.5 Å². The highest BCUT2D eigenvalue weighted by Crippen LogP contribution is 2.24. The molecule has 5 nitrogen and oxygen atoms in total. The van der Waals surface area contributed by atoms with Crippen LogP contribution in [0, 0.1) is 25.2 Å². The van der Waals surface area contributed by atoms with Crippen LogP contribution >= 0.6 is 0 Å². The number of aryl methyl sites for hydroxylation is 2. The molecular formula is C15H17NO4. The summed E-state index contributed by atoms with van der Waals surface area (Å²) in [4.78, 5) is 11.7. The Morgan fingerprint density at radius 2 is 1.95 bits per heavy atom. The first-order chi connectivity index (χ1) is 9.49. The summed E-state index contributed by atoms with van der Waals surface area (Å²) >= 11 is 0. The Balaban J connectivity index is 2.95. The summed E-state index contributed by atoms with van der Waals surface area (Å²) in [6.07, 6.45) is 1.44. The Hall–Kier alpha value is -2.32. The Bertz CT molecular complexity index is 547. The van der Waals surface area contributed by atoms with Crippen molar-refractivity contribution in [2.45, 2.75) is 13.8 Å². The molecule has 1 N–H and O–H groups in total. The van der Waals surface area contributed by atoms with Gasteiger partial charge in [-0.3, -0.25) is 0 Å². The largest absolute Gasteiger partial charge is 0.507 e. The number of phenolic OH excluding ortho intramolecular Hbond substituents is 1. The van der Waals surface area contributed by atoms with Crippen molar-refractivity contribution in [2.75, 3.05) is 20.3 Å². The van der Waals surface area contributed by atoms with E-state index in [1.807, 2.05) is 6.07 Å². The molecule has 0 aliphatic carbocycles. The Labute approximate surface area is 118 Å². The Kier molecular flexibility index (Phi) is 5.75. The van der Waals surface area contributed by atoms with E-state index in [1.165, 1.54) is 13.2 Å². The van der Waals surface area contributed by atoms with E-state index < -0.39 is 5.97 Å². The van der Waals surface area contributed by atoms with E-state index in [4.69, 9.17) is 14.7 Å². The van der Waals surface area contributed by atoms with Gasteiger partial charge in [-0.1, -0.05) is 0 Å². The third-order valence-corrected chi connectivity index (χ3v) is 2.69. The molecule has 0 aliphatic rings. The van der Waals surface area contributed by atoms with Crippen LogP contribution in [0.5, 0.6) is 5.75 Å². The van der Waals surface area contributed by atoms with Crippen LogP contribution in [-0.4, -0.2) is 31.4 Å². The highest BCUT2D eigenvalue weighted by Gasteiger charge is 2.11. The van der Waals surface area contributed by atoms with Crippen LogP contribution < -0.4 is 0 Å². The summed E-state index contributed by atoms with van der Waals surface area (Å²) in [5, 5.41) is 18.7. The fourth-order valence-corrected chi connectivity index (χ4v) is 1.67. The van der Waals surface area contributed by atoms with Crippen molar-refractivity contribution in [3.8, 4) is 11.8 Å². The molecule has 0 spiro atoms. The van der Waals surface area contributed by atoms with Crippen molar-refractivity contribution >= 4 is 12.0 Å². The van der Waals surface area contributed by atoms with Crippen LogP contribution in [0.4, 0.5) is 0 Å². The van der Waals surface area contributed by atoms with Crippen molar-refractivity contribution in [1.29, 1.82) is 5.26 Å². The van der Waals surface area contributed by atoms with Gasteiger partial charge in [0.1, 0.15) is 24.0 Å². The second kappa shape index (κ2) is 7.31. The van der Waals surface area contributed by atoms with Crippen molar-refractivity contribution in [2.24, 2.45) is 0 Å². The fraction of sp³-hybridized carbons (Fsp3) is 0.333. The number of aromatic hydroxyl groups is 1. The van der Waals surface area contributed by atoms with E-state index in [9.17, 15) is 9.90 Å². The molecule has 0 unspecified atom stereocenters. The summed E-state index contributed by atoms with van der Waals surface area (Å²) in [6, 6.07) is 5.21. The van der Waals surface area contributed by atoms with Crippen LogP contribution in [0.15, 0.2) is 17.7 Å². The zero-order chi connectivity index (χ0) is 15.1. The van der Waals surface area contributed by atoms with Crippen LogP contribution in [-0.2, 0) is 14.3 Å². The SMILES string of the molecule is COCCOC(=O)/C(C#N)=C\c1cc(C)c(O)c(C)c1. The average Bonchev–Trinajstić information content (AvgIpc) is 2.42. The van der Waals surface area contributed by atoms with E-state index in [0.717, 1.165) is 0 Å². The first kappa shape index (κ1) is 15.7. The topological polar surface area (TPSA) is 79.5 Å². The molecule has 0 bridgehead atoms. The molecule has 0 atom stereocenters. The number of rotatable bonds is 5. The van der Waals surface area contributed by atoms with Gasteiger partial charge >= 0.3 is 5.97 Å². The number of benzene rings is 1. The highest BCUT2D eigenvalue weighted by atomic mass is 16.6. The van der Waals surface area contributed by atoms with Gasteiger partial charge in [-0.2, -0.15) is 5.26 Å². The number of carbonyl (C=O) groups is 1. The zero-order valence-electron chi connectivity index (χ0n) is 11.8. The average molecular weight is 275 g/mol. The molecule has 20 heavy (non-hydrogen) atoms. The number of methoxy groups -OCH3 is 1. The second-order valence-corrected chi connectivity index (χ2v) is 4.30. The molecule has 0 radical (unpaired) electrons. The van der Waals surface area contributed by atoms with Crippen molar-refractivity contribution in [3.63, 3.8) is 0 Å². The minimum absolute atomic E-state index is 0.0920. The number of hydrogen-bond donors (Lipinski definition) is 1. The first-order valence-electron chi connectivity index (χ1n) is 6.07. The van der Waals surface area contributed by atoms with Gasteiger partial charge in [-0.15, -0.1) is 0 Å². The zero-order valence-corrected chi connectivity index (χ0v) is 11.8. The molecule has 0 aliphatic heterocycles. The number of nitriles is 1. The number of esters is 1. The number of hydrogen-bond acceptors (Lipinski definition) is 5. The molecule has 0 aromatic heterocycles. The molecular weight excluding hydrogens is 258 g/mol. The molecule has 0 fully saturated rings. The quantitative estimate of drug-likeness (QED) is 0.385. The van der Waals surface area contributed by atoms with Gasteiger partial charge in [0, 0.05) is 7.11 Å². The van der Waals surface area contributed by atoms with Gasteiger partial charge in [0.05, 0.1) is 6.61 Å². The lowest BCUT2D eigenvalue weighted by molar-refractivity contribution is -0.139. The molecule has 106 valence electrons. The molecule has 5 heteroatoms. The van der Waals surface area contributed by atoms with Crippen LogP contribution in [0.1, 0.15) is 16.7 Å². The third-order valence-electron chi connectivity index (χ3n) is 2.69. The summed E-state index contributed by atoms with van der Waals surface area (Å²) in [7, 11) is 1.50. The maximum Gasteiger partial charge on any atom is 0.348 e. The number of ether oxygens (including phenoxy) is 2. The maximum atomic E-state index is 11.7. The van der Waals surface area contributed by atoms with Gasteiger partial charge < -0.3 is 14.6 Å². The molecule has 0 saturated heterocycles. The molecule has 1 aromatic carbocycles. The molecule has 0 heterocycles. The summed E-state index contributed by atoms with van der Waals surface area (Å²) < 4.78 is 9.65. The number of phenols is 1. The Morgan fingerprint density at radius 3 is 2.45 bits per heavy atom. The van der Waals surface area contributed by atoms with E-state index >= 15 is 0 Å². The maximum absolute atomic E-state index is 11.7. The normalized spacial score (nSPS) is 11.0. The predicted molar refractivity (Wildman–Crippen MR) is 74.0 cm³/mol. The van der Waals surface area contributed by atoms with Gasteiger partial charge in [0.25, 0.3) is 0 Å². The minimum atomic E-state index is -0.687. The highest BCUT2D eigenvalue weighted by molar-refractivity contribution is 5.97. The van der Waals surface area contributed by atoms with Crippen LogP contribution in [0.2, 0.25) is 0 Å². The number of nitrogens with zero attached hydrogens (tertiary/aromatic N) is 1. The smallest absolute Gasteiger partial charge is 0.348 e. The lowest BCUT2D eigenvalue weighted by Gasteiger charge is -2.06. The molecule has 1 rings (SSSR count). The van der Waals surface area contributed by atoms with Gasteiger partial charge in [-0.05, 0) is 48.7 Å². The molecule has 1 aromatic rings. The number of carbonyl (C=O) groups excluding carboxylic acids is 1. The van der Waals surface area contributed by atoms with Crippen molar-refractivity contribution in [1.82, 2.24) is 0 Å². The molecule has 0 saturated carbocycles. The van der Waals surface area contributed by atoms with E-state index in [0.29, 0.717) is 16.7 Å². The fourth-order valence-electron chi connectivity index (χ4n) is 1.67.